The third kappa shape index (κ3) is 3.39. The molecule has 1 aliphatic heterocycles. The van der Waals surface area contributed by atoms with E-state index in [1.165, 1.54) is 0 Å². The van der Waals surface area contributed by atoms with Crippen molar-refractivity contribution >= 4 is 26.2 Å². The van der Waals surface area contributed by atoms with Gasteiger partial charge in [-0.3, -0.25) is 0 Å². The summed E-state index contributed by atoms with van der Waals surface area (Å²) in [6.45, 7) is 3.83. The maximum absolute atomic E-state index is 5.01. The zero-order chi connectivity index (χ0) is 4.24. The van der Waals surface area contributed by atoms with Gasteiger partial charge in [-0.05, 0) is 0 Å². The molecule has 0 unspecified atom stereocenters. The van der Waals surface area contributed by atoms with Crippen molar-refractivity contribution in [3.63, 3.8) is 0 Å². The van der Waals surface area contributed by atoms with Gasteiger partial charge < -0.3 is 10.1 Å². The van der Waals surface area contributed by atoms with E-state index >= 15 is 0 Å². The van der Waals surface area contributed by atoms with Gasteiger partial charge in [-0.15, -0.1) is 0 Å². The zero-order valence-electron chi connectivity index (χ0n) is 4.18. The molecule has 1 N–H and O–H groups in total. The average Bonchev–Trinajstić information content (AvgIpc) is 1.72. The molecular formula is C4H9BiNO. The quantitative estimate of drug-likeness (QED) is 0.593. The molecule has 0 saturated carbocycles. The van der Waals surface area contributed by atoms with E-state index in [4.69, 9.17) is 4.74 Å². The molecule has 0 aromatic heterocycles. The summed E-state index contributed by atoms with van der Waals surface area (Å²) in [6, 6.07) is 0. The number of hydrogen-bond donors (Lipinski definition) is 1. The molecule has 0 aromatic carbocycles. The molecule has 0 amide bonds. The van der Waals surface area contributed by atoms with E-state index < -0.39 is 0 Å². The number of ether oxygens (including phenoxy) is 1. The molecule has 0 bridgehead atoms. The van der Waals surface area contributed by atoms with Gasteiger partial charge in [-0.2, -0.15) is 0 Å². The zero-order valence-corrected chi connectivity index (χ0v) is 7.66. The molecule has 3 heteroatoms. The first-order valence-corrected chi connectivity index (χ1v) is 2.28. The van der Waals surface area contributed by atoms with Crippen LogP contribution in [0, 0.1) is 0 Å². The second-order valence-electron chi connectivity index (χ2n) is 1.36. The maximum atomic E-state index is 5.01. The van der Waals surface area contributed by atoms with Crippen molar-refractivity contribution in [1.82, 2.24) is 5.32 Å². The van der Waals surface area contributed by atoms with Crippen LogP contribution in [-0.4, -0.2) is 52.5 Å². The normalized spacial score (nSPS) is 20.6. The molecule has 0 atom stereocenters. The number of hydrogen-bond acceptors (Lipinski definition) is 2. The summed E-state index contributed by atoms with van der Waals surface area (Å²) in [5, 5.41) is 3.16. The first-order valence-electron chi connectivity index (χ1n) is 2.28. The third-order valence-electron chi connectivity index (χ3n) is 0.846. The standard InChI is InChI=1S/C4H9NO.Bi/c1-3-6-4-2-5-1;/h5H,1-4H2;. The van der Waals surface area contributed by atoms with Gasteiger partial charge in [0.15, 0.2) is 0 Å². The van der Waals surface area contributed by atoms with Crippen molar-refractivity contribution in [2.24, 2.45) is 0 Å². The Morgan fingerprint density at radius 1 is 1.14 bits per heavy atom. The Balaban J connectivity index is 0.000000360. The van der Waals surface area contributed by atoms with Gasteiger partial charge in [0.25, 0.3) is 0 Å². The fraction of sp³-hybridized carbons (Fsp3) is 1.00. The van der Waals surface area contributed by atoms with Gasteiger partial charge >= 0.3 is 0 Å². The molecule has 7 heavy (non-hydrogen) atoms. The Labute approximate surface area is 62.7 Å². The van der Waals surface area contributed by atoms with Gasteiger partial charge in [0.05, 0.1) is 13.2 Å². The van der Waals surface area contributed by atoms with Gasteiger partial charge in [0.1, 0.15) is 0 Å². The molecule has 41 valence electrons. The van der Waals surface area contributed by atoms with Crippen LogP contribution in [0.3, 0.4) is 0 Å². The molecule has 3 radical (unpaired) electrons. The van der Waals surface area contributed by atoms with Crippen molar-refractivity contribution < 1.29 is 4.74 Å². The molecule has 2 nitrogen and oxygen atoms in total. The summed E-state index contributed by atoms with van der Waals surface area (Å²) in [7, 11) is 0. The molecule has 1 aliphatic rings. The largest absolute Gasteiger partial charge is 0.379 e. The Kier molecular flexibility index (Phi) is 5.52. The molecule has 1 saturated heterocycles. The van der Waals surface area contributed by atoms with E-state index in [-0.39, 0.29) is 26.2 Å². The minimum Gasteiger partial charge on any atom is -0.379 e. The van der Waals surface area contributed by atoms with Crippen molar-refractivity contribution in [1.29, 1.82) is 0 Å². The molecule has 1 rings (SSSR count). The Morgan fingerprint density at radius 2 is 1.71 bits per heavy atom. The molecule has 0 aromatic rings. The van der Waals surface area contributed by atoms with E-state index in [0.29, 0.717) is 0 Å². The van der Waals surface area contributed by atoms with Crippen molar-refractivity contribution in [2.75, 3.05) is 26.3 Å². The van der Waals surface area contributed by atoms with Crippen LogP contribution >= 0.6 is 0 Å². The predicted molar refractivity (Wildman–Crippen MR) is 29.4 cm³/mol. The van der Waals surface area contributed by atoms with Crippen LogP contribution in [0.25, 0.3) is 0 Å². The van der Waals surface area contributed by atoms with Crippen LogP contribution in [0.1, 0.15) is 0 Å². The van der Waals surface area contributed by atoms with Crippen molar-refractivity contribution in [3.05, 3.63) is 0 Å². The predicted octanol–water partition coefficient (Wildman–Crippen LogP) is -0.775. The number of morpholine rings is 1. The van der Waals surface area contributed by atoms with E-state index in [0.717, 1.165) is 26.3 Å². The van der Waals surface area contributed by atoms with Crippen molar-refractivity contribution in [3.8, 4) is 0 Å². The fourth-order valence-corrected chi connectivity index (χ4v) is 0.516. The molecule has 1 heterocycles. The molecule has 0 spiro atoms. The summed E-state index contributed by atoms with van der Waals surface area (Å²) in [5.74, 6) is 0. The second-order valence-corrected chi connectivity index (χ2v) is 1.36. The van der Waals surface area contributed by atoms with Crippen LogP contribution in [0.5, 0.6) is 0 Å². The minimum atomic E-state index is 0. The molecule has 0 aliphatic carbocycles. The second kappa shape index (κ2) is 4.95. The van der Waals surface area contributed by atoms with E-state index in [9.17, 15) is 0 Å². The van der Waals surface area contributed by atoms with Crippen LogP contribution in [-0.2, 0) is 4.74 Å². The molecular weight excluding hydrogens is 287 g/mol. The Morgan fingerprint density at radius 3 is 1.86 bits per heavy atom. The summed E-state index contributed by atoms with van der Waals surface area (Å²) in [4.78, 5) is 0. The SMILES string of the molecule is C1COCCN1.[Bi]. The van der Waals surface area contributed by atoms with Crippen LogP contribution in [0.15, 0.2) is 0 Å². The third-order valence-corrected chi connectivity index (χ3v) is 0.846. The monoisotopic (exact) mass is 296 g/mol. The van der Waals surface area contributed by atoms with E-state index in [1.54, 1.807) is 0 Å². The van der Waals surface area contributed by atoms with Gasteiger partial charge in [0.2, 0.25) is 0 Å². The minimum absolute atomic E-state index is 0. The van der Waals surface area contributed by atoms with Crippen LogP contribution in [0.2, 0.25) is 0 Å². The van der Waals surface area contributed by atoms with Gasteiger partial charge in [-0.1, -0.05) is 0 Å². The first kappa shape index (κ1) is 7.80. The number of nitrogens with one attached hydrogen (secondary N) is 1. The summed E-state index contributed by atoms with van der Waals surface area (Å²) < 4.78 is 5.01. The van der Waals surface area contributed by atoms with Gasteiger partial charge in [-0.25, -0.2) is 0 Å². The Hall–Kier alpha value is 0.803. The Bertz CT molecular complexity index is 27.2. The smallest absolute Gasteiger partial charge is 0.0591 e. The molecule has 1 fully saturated rings. The fourth-order valence-electron chi connectivity index (χ4n) is 0.516. The topological polar surface area (TPSA) is 21.3 Å². The van der Waals surface area contributed by atoms with Crippen LogP contribution < -0.4 is 5.32 Å². The first-order chi connectivity index (χ1) is 3.00. The van der Waals surface area contributed by atoms with Crippen molar-refractivity contribution in [2.45, 2.75) is 0 Å². The van der Waals surface area contributed by atoms with E-state index in [1.807, 2.05) is 0 Å². The summed E-state index contributed by atoms with van der Waals surface area (Å²) in [6.07, 6.45) is 0. The average molecular weight is 296 g/mol. The van der Waals surface area contributed by atoms with Crippen LogP contribution in [0.4, 0.5) is 0 Å². The maximum Gasteiger partial charge on any atom is 0.0591 e. The summed E-state index contributed by atoms with van der Waals surface area (Å²) in [5.41, 5.74) is 0. The number of rotatable bonds is 0. The van der Waals surface area contributed by atoms with E-state index in [2.05, 4.69) is 5.32 Å². The summed E-state index contributed by atoms with van der Waals surface area (Å²) >= 11 is 0. The van der Waals surface area contributed by atoms with Gasteiger partial charge in [0, 0.05) is 39.3 Å².